The highest BCUT2D eigenvalue weighted by Gasteiger charge is 2.18. The molecule has 0 saturated heterocycles. The van der Waals surface area contributed by atoms with Crippen molar-refractivity contribution in [3.05, 3.63) is 118 Å². The van der Waals surface area contributed by atoms with Crippen LogP contribution in [0.3, 0.4) is 0 Å². The molecular formula is C28H28N2O3. The number of aromatic carboxylic acids is 1. The predicted molar refractivity (Wildman–Crippen MR) is 131 cm³/mol. The van der Waals surface area contributed by atoms with Crippen LogP contribution in [0.1, 0.15) is 53.4 Å². The minimum atomic E-state index is -0.980. The van der Waals surface area contributed by atoms with Crippen LogP contribution in [0.15, 0.2) is 89.9 Å². The van der Waals surface area contributed by atoms with Gasteiger partial charge in [-0.1, -0.05) is 86.6 Å². The molecule has 1 N–H and O–H groups in total. The monoisotopic (exact) mass is 440 g/mol. The van der Waals surface area contributed by atoms with Crippen molar-refractivity contribution >= 4 is 5.97 Å². The second kappa shape index (κ2) is 9.74. The first-order valence-corrected chi connectivity index (χ1v) is 11.2. The summed E-state index contributed by atoms with van der Waals surface area (Å²) in [5.74, 6) is -0.774. The summed E-state index contributed by atoms with van der Waals surface area (Å²) in [6, 6.07) is 24.8. The highest BCUT2D eigenvalue weighted by molar-refractivity contribution is 5.96. The predicted octanol–water partition coefficient (Wildman–Crippen LogP) is 5.63. The molecule has 0 fully saturated rings. The van der Waals surface area contributed by atoms with Crippen molar-refractivity contribution in [3.8, 4) is 11.1 Å². The molecule has 0 aliphatic heterocycles. The summed E-state index contributed by atoms with van der Waals surface area (Å²) in [7, 11) is 0. The Bertz CT molecular complexity index is 1300. The van der Waals surface area contributed by atoms with Gasteiger partial charge in [0.2, 0.25) is 0 Å². The fourth-order valence-electron chi connectivity index (χ4n) is 4.12. The van der Waals surface area contributed by atoms with Gasteiger partial charge in [0.1, 0.15) is 0 Å². The topological polar surface area (TPSA) is 64.2 Å². The molecule has 5 heteroatoms. The van der Waals surface area contributed by atoms with Gasteiger partial charge in [-0.25, -0.2) is 9.59 Å². The van der Waals surface area contributed by atoms with Gasteiger partial charge in [-0.15, -0.1) is 0 Å². The van der Waals surface area contributed by atoms with E-state index in [9.17, 15) is 14.7 Å². The van der Waals surface area contributed by atoms with Crippen molar-refractivity contribution in [1.29, 1.82) is 0 Å². The Morgan fingerprint density at radius 3 is 2.21 bits per heavy atom. The molecule has 0 spiro atoms. The lowest BCUT2D eigenvalue weighted by molar-refractivity contribution is 0.0697. The SMILES string of the molecule is CCC(C)c1cn(Cc2ccccc2)c(=O)n1Cc1ccc(-c2ccccc2)c(C(=O)O)c1. The number of benzene rings is 3. The molecule has 168 valence electrons. The third-order valence-electron chi connectivity index (χ3n) is 6.13. The van der Waals surface area contributed by atoms with Gasteiger partial charge in [0.05, 0.1) is 18.7 Å². The van der Waals surface area contributed by atoms with Crippen LogP contribution in [0.5, 0.6) is 0 Å². The first-order chi connectivity index (χ1) is 16.0. The zero-order valence-electron chi connectivity index (χ0n) is 18.9. The fourth-order valence-corrected chi connectivity index (χ4v) is 4.12. The molecule has 1 atom stereocenters. The van der Waals surface area contributed by atoms with Crippen LogP contribution < -0.4 is 5.69 Å². The maximum atomic E-state index is 13.3. The smallest absolute Gasteiger partial charge is 0.336 e. The van der Waals surface area contributed by atoms with Crippen LogP contribution in [-0.2, 0) is 13.1 Å². The second-order valence-electron chi connectivity index (χ2n) is 8.40. The Morgan fingerprint density at radius 1 is 0.909 bits per heavy atom. The van der Waals surface area contributed by atoms with E-state index in [0.717, 1.165) is 28.8 Å². The van der Waals surface area contributed by atoms with E-state index in [2.05, 4.69) is 13.8 Å². The quantitative estimate of drug-likeness (QED) is 0.386. The largest absolute Gasteiger partial charge is 0.478 e. The highest BCUT2D eigenvalue weighted by Crippen LogP contribution is 2.26. The summed E-state index contributed by atoms with van der Waals surface area (Å²) in [5.41, 5.74) is 4.49. The van der Waals surface area contributed by atoms with Gasteiger partial charge < -0.3 is 5.11 Å². The molecule has 1 aromatic heterocycles. The van der Waals surface area contributed by atoms with E-state index in [1.54, 1.807) is 15.2 Å². The van der Waals surface area contributed by atoms with E-state index in [1.807, 2.05) is 79.0 Å². The van der Waals surface area contributed by atoms with Crippen LogP contribution >= 0.6 is 0 Å². The molecule has 0 aliphatic rings. The van der Waals surface area contributed by atoms with Gasteiger partial charge in [0.25, 0.3) is 0 Å². The summed E-state index contributed by atoms with van der Waals surface area (Å²) in [6.45, 7) is 5.05. The number of imidazole rings is 1. The Labute approximate surface area is 193 Å². The van der Waals surface area contributed by atoms with E-state index >= 15 is 0 Å². The Balaban J connectivity index is 1.73. The molecule has 0 radical (unpaired) electrons. The minimum Gasteiger partial charge on any atom is -0.478 e. The van der Waals surface area contributed by atoms with Crippen molar-refractivity contribution in [1.82, 2.24) is 9.13 Å². The molecule has 33 heavy (non-hydrogen) atoms. The number of nitrogens with zero attached hydrogens (tertiary/aromatic N) is 2. The molecule has 1 heterocycles. The van der Waals surface area contributed by atoms with Crippen molar-refractivity contribution in [2.24, 2.45) is 0 Å². The first-order valence-electron chi connectivity index (χ1n) is 11.2. The maximum absolute atomic E-state index is 13.3. The van der Waals surface area contributed by atoms with Crippen molar-refractivity contribution in [2.75, 3.05) is 0 Å². The lowest BCUT2D eigenvalue weighted by atomic mass is 9.97. The normalized spacial score (nSPS) is 11.9. The molecule has 0 bridgehead atoms. The molecule has 3 aromatic carbocycles. The van der Waals surface area contributed by atoms with Gasteiger partial charge in [0.15, 0.2) is 0 Å². The number of hydrogen-bond donors (Lipinski definition) is 1. The molecule has 0 aliphatic carbocycles. The fraction of sp³-hybridized carbons (Fsp3) is 0.214. The van der Waals surface area contributed by atoms with Crippen molar-refractivity contribution < 1.29 is 9.90 Å². The van der Waals surface area contributed by atoms with Crippen LogP contribution in [0.25, 0.3) is 11.1 Å². The lowest BCUT2D eigenvalue weighted by Gasteiger charge is -2.14. The summed E-state index contributed by atoms with van der Waals surface area (Å²) in [6.07, 6.45) is 2.85. The molecule has 4 aromatic rings. The number of carbonyl (C=O) groups is 1. The minimum absolute atomic E-state index is 0.0850. The van der Waals surface area contributed by atoms with Crippen LogP contribution in [0.2, 0.25) is 0 Å². The first kappa shape index (κ1) is 22.3. The third-order valence-corrected chi connectivity index (χ3v) is 6.13. The van der Waals surface area contributed by atoms with Gasteiger partial charge in [-0.05, 0) is 40.7 Å². The molecule has 4 rings (SSSR count). The third kappa shape index (κ3) is 4.82. The van der Waals surface area contributed by atoms with Crippen LogP contribution in [-0.4, -0.2) is 20.2 Å². The summed E-state index contributed by atoms with van der Waals surface area (Å²) < 4.78 is 3.52. The van der Waals surface area contributed by atoms with E-state index < -0.39 is 5.97 Å². The van der Waals surface area contributed by atoms with Crippen molar-refractivity contribution in [2.45, 2.75) is 39.3 Å². The van der Waals surface area contributed by atoms with Crippen LogP contribution in [0, 0.1) is 0 Å². The van der Waals surface area contributed by atoms with Gasteiger partial charge >= 0.3 is 11.7 Å². The van der Waals surface area contributed by atoms with E-state index in [4.69, 9.17) is 0 Å². The zero-order chi connectivity index (χ0) is 23.4. The molecule has 5 nitrogen and oxygen atoms in total. The number of carboxylic acids is 1. The highest BCUT2D eigenvalue weighted by atomic mass is 16.4. The molecule has 1 unspecified atom stereocenters. The lowest BCUT2D eigenvalue weighted by Crippen LogP contribution is -2.26. The second-order valence-corrected chi connectivity index (χ2v) is 8.40. The zero-order valence-corrected chi connectivity index (χ0v) is 18.9. The Kier molecular flexibility index (Phi) is 6.59. The van der Waals surface area contributed by atoms with Gasteiger partial charge in [0, 0.05) is 11.9 Å². The number of carboxylic acid groups (broad SMARTS) is 1. The summed E-state index contributed by atoms with van der Waals surface area (Å²) >= 11 is 0. The maximum Gasteiger partial charge on any atom is 0.336 e. The van der Waals surface area contributed by atoms with Gasteiger partial charge in [-0.3, -0.25) is 9.13 Å². The van der Waals surface area contributed by atoms with Gasteiger partial charge in [-0.2, -0.15) is 0 Å². The average molecular weight is 441 g/mol. The van der Waals surface area contributed by atoms with E-state index in [-0.39, 0.29) is 17.2 Å². The molecule has 0 amide bonds. The Hall–Kier alpha value is -3.86. The van der Waals surface area contributed by atoms with Crippen molar-refractivity contribution in [3.63, 3.8) is 0 Å². The molecule has 0 saturated carbocycles. The van der Waals surface area contributed by atoms with E-state index in [1.165, 1.54) is 0 Å². The molecular weight excluding hydrogens is 412 g/mol. The summed E-state index contributed by atoms with van der Waals surface area (Å²) in [4.78, 5) is 25.4. The van der Waals surface area contributed by atoms with Crippen LogP contribution in [0.4, 0.5) is 0 Å². The summed E-state index contributed by atoms with van der Waals surface area (Å²) in [5, 5.41) is 9.85. The number of hydrogen-bond acceptors (Lipinski definition) is 2. The number of rotatable bonds is 8. The average Bonchev–Trinajstić information content (AvgIpc) is 3.14. The number of aromatic nitrogens is 2. The standard InChI is InChI=1S/C28H28N2O3/c1-3-20(2)26-19-29(17-21-10-6-4-7-11-21)28(33)30(26)18-22-14-15-24(25(16-22)27(31)32)23-12-8-5-9-13-23/h4-16,19-20H,3,17-18H2,1-2H3,(H,31,32). The van der Waals surface area contributed by atoms with E-state index in [0.29, 0.717) is 18.7 Å². The Morgan fingerprint density at radius 2 is 1.58 bits per heavy atom.